The Balaban J connectivity index is 2.02. The molecule has 15 heavy (non-hydrogen) atoms. The highest BCUT2D eigenvalue weighted by molar-refractivity contribution is 5.49. The molecule has 3 aromatic rings. The summed E-state index contributed by atoms with van der Waals surface area (Å²) >= 11 is 0. The fraction of sp³-hybridized carbons (Fsp3) is 0. The van der Waals surface area contributed by atoms with Crippen molar-refractivity contribution in [3.63, 3.8) is 0 Å². The van der Waals surface area contributed by atoms with Crippen LogP contribution in [0.3, 0.4) is 0 Å². The zero-order chi connectivity index (χ0) is 10.1. The number of nitrogens with zero attached hydrogens (tertiary/aromatic N) is 6. The Morgan fingerprint density at radius 3 is 3.00 bits per heavy atom. The summed E-state index contributed by atoms with van der Waals surface area (Å²) in [4.78, 5) is 7.95. The van der Waals surface area contributed by atoms with E-state index in [9.17, 15) is 0 Å². The normalized spacial score (nSPS) is 10.7. The molecular weight excluding hydrogens is 200 g/mol. The maximum absolute atomic E-state index is 4.96. The first-order valence-corrected chi connectivity index (χ1v) is 3.99. The van der Waals surface area contributed by atoms with Crippen LogP contribution in [0.4, 0.5) is 0 Å². The third-order valence-electron chi connectivity index (χ3n) is 1.69. The van der Waals surface area contributed by atoms with Crippen LogP contribution < -0.4 is 0 Å². The topological polar surface area (TPSA) is 122 Å². The van der Waals surface area contributed by atoms with E-state index in [1.807, 2.05) is 0 Å². The average Bonchev–Trinajstić information content (AvgIpc) is 3.02. The van der Waals surface area contributed by atoms with Gasteiger partial charge in [-0.2, -0.15) is 25.5 Å². The second-order valence-electron chi connectivity index (χ2n) is 2.61. The van der Waals surface area contributed by atoms with Crippen LogP contribution in [-0.2, 0) is 0 Å². The molecule has 2 N–H and O–H groups in total. The van der Waals surface area contributed by atoms with E-state index in [1.54, 1.807) is 0 Å². The van der Waals surface area contributed by atoms with Crippen LogP contribution in [0.1, 0.15) is 0 Å². The highest BCUT2D eigenvalue weighted by atomic mass is 16.5. The second-order valence-corrected chi connectivity index (χ2v) is 2.61. The van der Waals surface area contributed by atoms with Gasteiger partial charge in [0.2, 0.25) is 5.82 Å². The zero-order valence-corrected chi connectivity index (χ0v) is 7.25. The van der Waals surface area contributed by atoms with Crippen molar-refractivity contribution in [3.8, 4) is 23.2 Å². The summed E-state index contributed by atoms with van der Waals surface area (Å²) in [6, 6.07) is 0. The SMILES string of the molecule is c1n[nH]c(-c2noc(-c3cn[nH]n3)n2)n1. The standard InChI is InChI=1S/C6H4N8O/c1-3(11-14-8-1)6-10-5(13-15-6)4-7-2-9-12-4/h1-2H,(H,7,9,12)(H,8,11,14). The number of hydrogen-bond donors (Lipinski definition) is 2. The Labute approximate surface area is 81.9 Å². The minimum absolute atomic E-state index is 0.273. The van der Waals surface area contributed by atoms with Crippen molar-refractivity contribution < 1.29 is 4.52 Å². The summed E-state index contributed by atoms with van der Waals surface area (Å²) in [6.45, 7) is 0. The number of aromatic nitrogens is 8. The molecule has 0 unspecified atom stereocenters. The maximum atomic E-state index is 4.96. The van der Waals surface area contributed by atoms with Gasteiger partial charge in [0.25, 0.3) is 5.89 Å². The van der Waals surface area contributed by atoms with Crippen molar-refractivity contribution in [2.45, 2.75) is 0 Å². The molecule has 0 bridgehead atoms. The van der Waals surface area contributed by atoms with Gasteiger partial charge >= 0.3 is 0 Å². The van der Waals surface area contributed by atoms with Crippen LogP contribution in [-0.4, -0.2) is 40.7 Å². The fourth-order valence-electron chi connectivity index (χ4n) is 1.04. The van der Waals surface area contributed by atoms with Gasteiger partial charge in [0.05, 0.1) is 6.20 Å². The molecule has 0 atom stereocenters. The number of aromatic amines is 2. The molecule has 0 aliphatic carbocycles. The van der Waals surface area contributed by atoms with Gasteiger partial charge in [-0.15, -0.1) is 0 Å². The minimum atomic E-state index is 0.273. The van der Waals surface area contributed by atoms with Gasteiger partial charge in [-0.3, -0.25) is 5.10 Å². The highest BCUT2D eigenvalue weighted by Crippen LogP contribution is 2.16. The van der Waals surface area contributed by atoms with Crippen LogP contribution in [0.25, 0.3) is 23.2 Å². The number of H-pyrrole nitrogens is 2. The van der Waals surface area contributed by atoms with Gasteiger partial charge in [-0.1, -0.05) is 5.16 Å². The number of rotatable bonds is 2. The molecule has 9 heteroatoms. The Hall–Kier alpha value is -2.58. The summed E-state index contributed by atoms with van der Waals surface area (Å²) in [6.07, 6.45) is 2.85. The molecule has 3 rings (SSSR count). The first-order valence-electron chi connectivity index (χ1n) is 3.99. The predicted molar refractivity (Wildman–Crippen MR) is 45.1 cm³/mol. The molecule has 3 heterocycles. The quantitative estimate of drug-likeness (QED) is 0.584. The molecule has 0 aliphatic rings. The van der Waals surface area contributed by atoms with Gasteiger partial charge in [0, 0.05) is 0 Å². The van der Waals surface area contributed by atoms with Crippen LogP contribution in [0.15, 0.2) is 17.0 Å². The monoisotopic (exact) mass is 204 g/mol. The van der Waals surface area contributed by atoms with Crippen molar-refractivity contribution >= 4 is 0 Å². The van der Waals surface area contributed by atoms with Crippen molar-refractivity contribution in [1.29, 1.82) is 0 Å². The molecular formula is C6H4N8O. The zero-order valence-electron chi connectivity index (χ0n) is 7.25. The summed E-state index contributed by atoms with van der Waals surface area (Å²) in [5, 5.41) is 19.9. The Morgan fingerprint density at radius 1 is 1.27 bits per heavy atom. The third-order valence-corrected chi connectivity index (χ3v) is 1.69. The average molecular weight is 204 g/mol. The van der Waals surface area contributed by atoms with Crippen LogP contribution in [0.5, 0.6) is 0 Å². The summed E-state index contributed by atoms with van der Waals surface area (Å²) < 4.78 is 4.96. The Bertz CT molecular complexity index is 489. The molecule has 0 radical (unpaired) electrons. The Morgan fingerprint density at radius 2 is 2.27 bits per heavy atom. The molecule has 9 nitrogen and oxygen atoms in total. The molecule has 3 aromatic heterocycles. The number of nitrogens with one attached hydrogen (secondary N) is 2. The van der Waals surface area contributed by atoms with Crippen molar-refractivity contribution in [3.05, 3.63) is 12.5 Å². The minimum Gasteiger partial charge on any atom is -0.332 e. The van der Waals surface area contributed by atoms with E-state index in [4.69, 9.17) is 4.52 Å². The smallest absolute Gasteiger partial charge is 0.280 e. The van der Waals surface area contributed by atoms with E-state index < -0.39 is 0 Å². The van der Waals surface area contributed by atoms with Gasteiger partial charge in [-0.05, 0) is 0 Å². The predicted octanol–water partition coefficient (Wildman–Crippen LogP) is -0.360. The third kappa shape index (κ3) is 1.25. The van der Waals surface area contributed by atoms with E-state index in [-0.39, 0.29) is 5.89 Å². The second kappa shape index (κ2) is 2.97. The molecule has 0 fully saturated rings. The molecule has 0 saturated carbocycles. The summed E-state index contributed by atoms with van der Waals surface area (Å²) in [7, 11) is 0. The van der Waals surface area contributed by atoms with Crippen molar-refractivity contribution in [1.82, 2.24) is 40.7 Å². The van der Waals surface area contributed by atoms with Crippen molar-refractivity contribution in [2.75, 3.05) is 0 Å². The van der Waals surface area contributed by atoms with E-state index in [2.05, 4.69) is 40.7 Å². The molecule has 0 aromatic carbocycles. The van der Waals surface area contributed by atoms with Crippen LogP contribution >= 0.6 is 0 Å². The molecule has 0 spiro atoms. The van der Waals surface area contributed by atoms with E-state index in [1.165, 1.54) is 12.5 Å². The summed E-state index contributed by atoms with van der Waals surface area (Å²) in [5.41, 5.74) is 0.480. The molecule has 0 aliphatic heterocycles. The van der Waals surface area contributed by atoms with Crippen LogP contribution in [0, 0.1) is 0 Å². The van der Waals surface area contributed by atoms with E-state index in [0.717, 1.165) is 0 Å². The lowest BCUT2D eigenvalue weighted by Crippen LogP contribution is -1.83. The van der Waals surface area contributed by atoms with Gasteiger partial charge in [-0.25, -0.2) is 4.98 Å². The first kappa shape index (κ1) is 7.79. The summed E-state index contributed by atoms with van der Waals surface area (Å²) in [5.74, 6) is 1.04. The highest BCUT2D eigenvalue weighted by Gasteiger charge is 2.13. The van der Waals surface area contributed by atoms with Crippen molar-refractivity contribution in [2.24, 2.45) is 0 Å². The Kier molecular flexibility index (Phi) is 1.54. The largest absolute Gasteiger partial charge is 0.332 e. The molecule has 74 valence electrons. The lowest BCUT2D eigenvalue weighted by molar-refractivity contribution is 0.430. The maximum Gasteiger partial charge on any atom is 0.280 e. The van der Waals surface area contributed by atoms with E-state index >= 15 is 0 Å². The number of hydrogen-bond acceptors (Lipinski definition) is 7. The van der Waals surface area contributed by atoms with Gasteiger partial charge < -0.3 is 4.52 Å². The molecule has 0 saturated heterocycles. The van der Waals surface area contributed by atoms with E-state index in [0.29, 0.717) is 17.3 Å². The van der Waals surface area contributed by atoms with Gasteiger partial charge in [0.15, 0.2) is 11.5 Å². The molecule has 0 amide bonds. The van der Waals surface area contributed by atoms with Crippen LogP contribution in [0.2, 0.25) is 0 Å². The lowest BCUT2D eigenvalue weighted by Gasteiger charge is -1.81. The van der Waals surface area contributed by atoms with Gasteiger partial charge in [0.1, 0.15) is 6.33 Å². The first-order chi connectivity index (χ1) is 7.43. The lowest BCUT2D eigenvalue weighted by atomic mass is 10.5. The fourth-order valence-corrected chi connectivity index (χ4v) is 1.04.